The molecule has 2 aromatic carbocycles. The predicted octanol–water partition coefficient (Wildman–Crippen LogP) is 3.67. The summed E-state index contributed by atoms with van der Waals surface area (Å²) in [6, 6.07) is 15.3. The molecule has 1 heterocycles. The van der Waals surface area contributed by atoms with Crippen molar-refractivity contribution in [2.24, 2.45) is 0 Å². The molecule has 0 fully saturated rings. The van der Waals surface area contributed by atoms with Gasteiger partial charge in [-0.25, -0.2) is 0 Å². The first kappa shape index (κ1) is 16.2. The zero-order valence-electron chi connectivity index (χ0n) is 14.2. The average molecular weight is 322 g/mol. The van der Waals surface area contributed by atoms with Crippen LogP contribution in [0.4, 0.5) is 11.4 Å². The van der Waals surface area contributed by atoms with Crippen molar-refractivity contribution < 1.29 is 9.59 Å². The van der Waals surface area contributed by atoms with Crippen LogP contribution in [-0.2, 0) is 11.2 Å². The maximum atomic E-state index is 12.7. The molecule has 1 N–H and O–H groups in total. The summed E-state index contributed by atoms with van der Waals surface area (Å²) < 4.78 is 0. The zero-order valence-corrected chi connectivity index (χ0v) is 14.2. The summed E-state index contributed by atoms with van der Waals surface area (Å²) in [5.41, 5.74) is 3.77. The van der Waals surface area contributed by atoms with E-state index < -0.39 is 0 Å². The molecular weight excluding hydrogens is 300 g/mol. The van der Waals surface area contributed by atoms with Gasteiger partial charge in [-0.3, -0.25) is 9.59 Å². The number of amides is 1. The fraction of sp³-hybridized carbons (Fsp3) is 0.300. The Balaban J connectivity index is 1.74. The van der Waals surface area contributed by atoms with Crippen molar-refractivity contribution in [2.45, 2.75) is 39.3 Å². The van der Waals surface area contributed by atoms with Crippen LogP contribution in [0, 0.1) is 0 Å². The number of nitrogens with one attached hydrogen (secondary N) is 1. The molecule has 1 amide bonds. The van der Waals surface area contributed by atoms with Gasteiger partial charge in [-0.1, -0.05) is 18.2 Å². The summed E-state index contributed by atoms with van der Waals surface area (Å²) in [7, 11) is 0. The molecule has 2 aromatic rings. The normalized spacial score (nSPS) is 17.3. The first-order valence-corrected chi connectivity index (χ1v) is 8.25. The van der Waals surface area contributed by atoms with Crippen molar-refractivity contribution in [1.82, 2.24) is 0 Å². The summed E-state index contributed by atoms with van der Waals surface area (Å²) in [6.45, 7) is 5.60. The molecule has 124 valence electrons. The molecule has 0 aromatic heterocycles. The third kappa shape index (κ3) is 3.04. The Hall–Kier alpha value is -2.62. The number of rotatable bonds is 4. The van der Waals surface area contributed by atoms with Gasteiger partial charge in [-0.05, 0) is 63.1 Å². The van der Waals surface area contributed by atoms with E-state index in [-0.39, 0.29) is 17.7 Å². The Bertz CT molecular complexity index is 767. The highest BCUT2D eigenvalue weighted by Gasteiger charge is 2.32. The fourth-order valence-corrected chi connectivity index (χ4v) is 3.34. The molecule has 2 atom stereocenters. The number of hydrogen-bond acceptors (Lipinski definition) is 3. The molecule has 1 aliphatic heterocycles. The number of carbonyl (C=O) groups excluding carboxylic acids is 2. The van der Waals surface area contributed by atoms with Crippen molar-refractivity contribution in [3.63, 3.8) is 0 Å². The molecule has 4 nitrogen and oxygen atoms in total. The molecule has 3 rings (SSSR count). The predicted molar refractivity (Wildman–Crippen MR) is 96.6 cm³/mol. The quantitative estimate of drug-likeness (QED) is 0.874. The van der Waals surface area contributed by atoms with Gasteiger partial charge in [0, 0.05) is 23.0 Å². The van der Waals surface area contributed by atoms with E-state index in [9.17, 15) is 9.59 Å². The fourth-order valence-electron chi connectivity index (χ4n) is 3.34. The van der Waals surface area contributed by atoms with Crippen LogP contribution in [0.3, 0.4) is 0 Å². The Labute approximate surface area is 142 Å². The average Bonchev–Trinajstić information content (AvgIpc) is 2.90. The Morgan fingerprint density at radius 2 is 1.79 bits per heavy atom. The van der Waals surface area contributed by atoms with E-state index >= 15 is 0 Å². The minimum Gasteiger partial charge on any atom is -0.357 e. The topological polar surface area (TPSA) is 49.4 Å². The Morgan fingerprint density at radius 3 is 2.46 bits per heavy atom. The third-order valence-electron chi connectivity index (χ3n) is 4.62. The molecule has 0 radical (unpaired) electrons. The van der Waals surface area contributed by atoms with Gasteiger partial charge in [0.25, 0.3) is 0 Å². The van der Waals surface area contributed by atoms with E-state index in [0.29, 0.717) is 17.3 Å². The largest absolute Gasteiger partial charge is 0.357 e. The van der Waals surface area contributed by atoms with Gasteiger partial charge in [-0.15, -0.1) is 0 Å². The van der Waals surface area contributed by atoms with Gasteiger partial charge in [0.05, 0.1) is 0 Å². The number of carbonyl (C=O) groups is 2. The van der Waals surface area contributed by atoms with Crippen LogP contribution in [0.25, 0.3) is 0 Å². The highest BCUT2D eigenvalue weighted by atomic mass is 16.2. The SMILES string of the molecule is CC(=O)c1ccc(NC(=O)C(C)N2c3ccccc3CC2C)cc1. The molecule has 0 saturated heterocycles. The van der Waals surface area contributed by atoms with Crippen molar-refractivity contribution in [2.75, 3.05) is 10.2 Å². The monoisotopic (exact) mass is 322 g/mol. The lowest BCUT2D eigenvalue weighted by Crippen LogP contribution is -2.45. The van der Waals surface area contributed by atoms with Gasteiger partial charge >= 0.3 is 0 Å². The first-order chi connectivity index (χ1) is 11.5. The molecule has 1 aliphatic rings. The summed E-state index contributed by atoms with van der Waals surface area (Å²) >= 11 is 0. The summed E-state index contributed by atoms with van der Waals surface area (Å²) in [5, 5.41) is 2.94. The number of nitrogens with zero attached hydrogens (tertiary/aromatic N) is 1. The van der Waals surface area contributed by atoms with E-state index in [0.717, 1.165) is 12.1 Å². The van der Waals surface area contributed by atoms with E-state index in [1.165, 1.54) is 12.5 Å². The molecule has 0 aliphatic carbocycles. The van der Waals surface area contributed by atoms with Crippen LogP contribution >= 0.6 is 0 Å². The standard InChI is InChI=1S/C20H22N2O2/c1-13-12-17-6-4-5-7-19(17)22(13)14(2)20(24)21-18-10-8-16(9-11-18)15(3)23/h4-11,13-14H,12H2,1-3H3,(H,21,24). The third-order valence-corrected chi connectivity index (χ3v) is 4.62. The number of para-hydroxylation sites is 1. The summed E-state index contributed by atoms with van der Waals surface area (Å²) in [5.74, 6) is -0.0297. The number of hydrogen-bond donors (Lipinski definition) is 1. The lowest BCUT2D eigenvalue weighted by Gasteiger charge is -2.30. The van der Waals surface area contributed by atoms with Crippen molar-refractivity contribution in [1.29, 1.82) is 0 Å². The smallest absolute Gasteiger partial charge is 0.246 e. The zero-order chi connectivity index (χ0) is 17.3. The number of anilines is 2. The minimum absolute atomic E-state index is 0.0174. The van der Waals surface area contributed by atoms with E-state index in [1.807, 2.05) is 19.1 Å². The number of Topliss-reactive ketones (excluding diaryl/α,β-unsaturated/α-hetero) is 1. The molecule has 2 unspecified atom stereocenters. The van der Waals surface area contributed by atoms with Gasteiger partial charge in [0.2, 0.25) is 5.91 Å². The highest BCUT2D eigenvalue weighted by molar-refractivity contribution is 5.98. The van der Waals surface area contributed by atoms with Crippen molar-refractivity contribution >= 4 is 23.1 Å². The number of ketones is 1. The molecule has 4 heteroatoms. The Morgan fingerprint density at radius 1 is 1.12 bits per heavy atom. The Kier molecular flexibility index (Phi) is 4.38. The maximum absolute atomic E-state index is 12.7. The number of fused-ring (bicyclic) bond motifs is 1. The highest BCUT2D eigenvalue weighted by Crippen LogP contribution is 2.33. The molecule has 0 bridgehead atoms. The van der Waals surface area contributed by atoms with Crippen LogP contribution in [0.1, 0.15) is 36.7 Å². The summed E-state index contributed by atoms with van der Waals surface area (Å²) in [4.78, 5) is 26.1. The van der Waals surface area contributed by atoms with E-state index in [1.54, 1.807) is 24.3 Å². The first-order valence-electron chi connectivity index (χ1n) is 8.25. The second kappa shape index (κ2) is 6.48. The lowest BCUT2D eigenvalue weighted by atomic mass is 10.1. The second-order valence-electron chi connectivity index (χ2n) is 6.39. The van der Waals surface area contributed by atoms with Crippen molar-refractivity contribution in [3.8, 4) is 0 Å². The number of benzene rings is 2. The second-order valence-corrected chi connectivity index (χ2v) is 6.39. The lowest BCUT2D eigenvalue weighted by molar-refractivity contribution is -0.117. The molecule has 24 heavy (non-hydrogen) atoms. The van der Waals surface area contributed by atoms with Gasteiger partial charge in [-0.2, -0.15) is 0 Å². The van der Waals surface area contributed by atoms with Gasteiger partial charge < -0.3 is 10.2 Å². The van der Waals surface area contributed by atoms with Crippen LogP contribution in [-0.4, -0.2) is 23.8 Å². The van der Waals surface area contributed by atoms with Crippen molar-refractivity contribution in [3.05, 3.63) is 59.7 Å². The molecule has 0 saturated carbocycles. The van der Waals surface area contributed by atoms with Crippen LogP contribution in [0.15, 0.2) is 48.5 Å². The van der Waals surface area contributed by atoms with Crippen LogP contribution < -0.4 is 10.2 Å². The molecule has 0 spiro atoms. The van der Waals surface area contributed by atoms with E-state index in [2.05, 4.69) is 29.3 Å². The van der Waals surface area contributed by atoms with Crippen LogP contribution in [0.5, 0.6) is 0 Å². The minimum atomic E-state index is -0.267. The van der Waals surface area contributed by atoms with Crippen LogP contribution in [0.2, 0.25) is 0 Å². The van der Waals surface area contributed by atoms with Gasteiger partial charge in [0.1, 0.15) is 6.04 Å². The summed E-state index contributed by atoms with van der Waals surface area (Å²) in [6.07, 6.45) is 0.959. The van der Waals surface area contributed by atoms with E-state index in [4.69, 9.17) is 0 Å². The van der Waals surface area contributed by atoms with Gasteiger partial charge in [0.15, 0.2) is 5.78 Å². The maximum Gasteiger partial charge on any atom is 0.246 e. The molecular formula is C20H22N2O2.